The molecule has 0 radical (unpaired) electrons. The highest BCUT2D eigenvalue weighted by Crippen LogP contribution is 1.95. The van der Waals surface area contributed by atoms with E-state index in [0.29, 0.717) is 5.88 Å². The van der Waals surface area contributed by atoms with Crippen molar-refractivity contribution >= 4 is 24.0 Å². The summed E-state index contributed by atoms with van der Waals surface area (Å²) in [6.45, 7) is 0. The SMILES string of the molecule is Cl.Cn1cnc(CCCl)c1. The van der Waals surface area contributed by atoms with Gasteiger partial charge in [-0.3, -0.25) is 0 Å². The molecule has 0 atom stereocenters. The van der Waals surface area contributed by atoms with Gasteiger partial charge in [-0.15, -0.1) is 24.0 Å². The van der Waals surface area contributed by atoms with Gasteiger partial charge in [0, 0.05) is 25.5 Å². The minimum Gasteiger partial charge on any atom is -0.340 e. The standard InChI is InChI=1S/C6H9ClN2.ClH/c1-9-4-6(2-3-7)8-5-9;/h4-5H,2-3H2,1H3;1H. The van der Waals surface area contributed by atoms with Crippen LogP contribution in [0.15, 0.2) is 12.5 Å². The van der Waals surface area contributed by atoms with E-state index in [-0.39, 0.29) is 12.4 Å². The number of hydrogen-bond donors (Lipinski definition) is 0. The highest BCUT2D eigenvalue weighted by molar-refractivity contribution is 6.17. The lowest BCUT2D eigenvalue weighted by Gasteiger charge is -1.85. The second-order valence-electron chi connectivity index (χ2n) is 1.97. The van der Waals surface area contributed by atoms with E-state index in [1.165, 1.54) is 0 Å². The fraction of sp³-hybridized carbons (Fsp3) is 0.500. The molecule has 2 nitrogen and oxygen atoms in total. The molecule has 0 aromatic carbocycles. The van der Waals surface area contributed by atoms with Crippen LogP contribution in [0.1, 0.15) is 5.69 Å². The van der Waals surface area contributed by atoms with Crippen molar-refractivity contribution in [2.75, 3.05) is 5.88 Å². The van der Waals surface area contributed by atoms with Crippen LogP contribution >= 0.6 is 24.0 Å². The van der Waals surface area contributed by atoms with Gasteiger partial charge in [0.15, 0.2) is 0 Å². The molecular formula is C6H10Cl2N2. The Morgan fingerprint density at radius 3 is 2.80 bits per heavy atom. The Morgan fingerprint density at radius 2 is 2.40 bits per heavy atom. The summed E-state index contributed by atoms with van der Waals surface area (Å²) in [5, 5.41) is 0. The van der Waals surface area contributed by atoms with Crippen molar-refractivity contribution in [3.63, 3.8) is 0 Å². The zero-order valence-corrected chi connectivity index (χ0v) is 7.32. The number of hydrogen-bond acceptors (Lipinski definition) is 1. The topological polar surface area (TPSA) is 17.8 Å². The van der Waals surface area contributed by atoms with Gasteiger partial charge in [0.2, 0.25) is 0 Å². The third-order valence-electron chi connectivity index (χ3n) is 1.11. The van der Waals surface area contributed by atoms with Gasteiger partial charge in [-0.05, 0) is 0 Å². The summed E-state index contributed by atoms with van der Waals surface area (Å²) in [4.78, 5) is 4.08. The molecule has 0 saturated heterocycles. The van der Waals surface area contributed by atoms with Crippen molar-refractivity contribution in [1.29, 1.82) is 0 Å². The van der Waals surface area contributed by atoms with Crippen LogP contribution in [0.3, 0.4) is 0 Å². The number of rotatable bonds is 2. The first-order chi connectivity index (χ1) is 4.33. The van der Waals surface area contributed by atoms with Crippen molar-refractivity contribution in [1.82, 2.24) is 9.55 Å². The van der Waals surface area contributed by atoms with Crippen molar-refractivity contribution in [2.45, 2.75) is 6.42 Å². The van der Waals surface area contributed by atoms with Gasteiger partial charge in [-0.2, -0.15) is 0 Å². The van der Waals surface area contributed by atoms with E-state index in [4.69, 9.17) is 11.6 Å². The van der Waals surface area contributed by atoms with Crippen molar-refractivity contribution < 1.29 is 0 Å². The zero-order valence-electron chi connectivity index (χ0n) is 5.75. The van der Waals surface area contributed by atoms with Crippen LogP contribution in [0.5, 0.6) is 0 Å². The van der Waals surface area contributed by atoms with E-state index in [2.05, 4.69) is 4.98 Å². The van der Waals surface area contributed by atoms with Gasteiger partial charge < -0.3 is 4.57 Å². The molecule has 58 valence electrons. The molecule has 0 amide bonds. The van der Waals surface area contributed by atoms with Gasteiger partial charge in [-0.1, -0.05) is 0 Å². The molecule has 0 fully saturated rings. The minimum absolute atomic E-state index is 0. The molecule has 0 unspecified atom stereocenters. The van der Waals surface area contributed by atoms with E-state index in [9.17, 15) is 0 Å². The molecule has 0 aliphatic heterocycles. The largest absolute Gasteiger partial charge is 0.340 e. The maximum atomic E-state index is 5.50. The number of aryl methyl sites for hydroxylation is 2. The Balaban J connectivity index is 0.000000810. The molecule has 0 spiro atoms. The molecule has 1 aromatic heterocycles. The van der Waals surface area contributed by atoms with Crippen LogP contribution in [0.25, 0.3) is 0 Å². The summed E-state index contributed by atoms with van der Waals surface area (Å²) in [5.41, 5.74) is 1.06. The van der Waals surface area contributed by atoms with Gasteiger partial charge in [0.1, 0.15) is 0 Å². The molecule has 1 aromatic rings. The van der Waals surface area contributed by atoms with Crippen LogP contribution in [0, 0.1) is 0 Å². The fourth-order valence-electron chi connectivity index (χ4n) is 0.693. The van der Waals surface area contributed by atoms with Crippen molar-refractivity contribution in [3.05, 3.63) is 18.2 Å². The van der Waals surface area contributed by atoms with E-state index in [0.717, 1.165) is 12.1 Å². The molecule has 10 heavy (non-hydrogen) atoms. The zero-order chi connectivity index (χ0) is 6.69. The van der Waals surface area contributed by atoms with Gasteiger partial charge in [0.05, 0.1) is 12.0 Å². The number of alkyl halides is 1. The lowest BCUT2D eigenvalue weighted by molar-refractivity contribution is 0.912. The summed E-state index contributed by atoms with van der Waals surface area (Å²) in [7, 11) is 1.95. The Labute approximate surface area is 71.6 Å². The van der Waals surface area contributed by atoms with Crippen LogP contribution in [-0.4, -0.2) is 15.4 Å². The lowest BCUT2D eigenvalue weighted by Crippen LogP contribution is -1.84. The second kappa shape index (κ2) is 4.58. The normalized spacial score (nSPS) is 9.00. The van der Waals surface area contributed by atoms with Crippen molar-refractivity contribution in [3.8, 4) is 0 Å². The first kappa shape index (κ1) is 9.79. The Hall–Kier alpha value is -0.210. The van der Waals surface area contributed by atoms with Gasteiger partial charge >= 0.3 is 0 Å². The molecule has 0 saturated carbocycles. The summed E-state index contributed by atoms with van der Waals surface area (Å²) in [6.07, 6.45) is 4.62. The third kappa shape index (κ3) is 2.58. The molecule has 0 aliphatic rings. The number of halogens is 2. The minimum atomic E-state index is 0. The molecular weight excluding hydrogens is 171 g/mol. The number of nitrogens with zero attached hydrogens (tertiary/aromatic N) is 2. The van der Waals surface area contributed by atoms with Crippen molar-refractivity contribution in [2.24, 2.45) is 7.05 Å². The quantitative estimate of drug-likeness (QED) is 0.634. The summed E-state index contributed by atoms with van der Waals surface area (Å²) in [5.74, 6) is 0.650. The molecule has 0 N–H and O–H groups in total. The predicted octanol–water partition coefficient (Wildman–Crippen LogP) is 1.62. The van der Waals surface area contributed by atoms with Gasteiger partial charge in [0.25, 0.3) is 0 Å². The van der Waals surface area contributed by atoms with Crippen LogP contribution in [0.2, 0.25) is 0 Å². The average molecular weight is 181 g/mol. The monoisotopic (exact) mass is 180 g/mol. The average Bonchev–Trinajstić information content (AvgIpc) is 2.17. The number of aromatic nitrogens is 2. The predicted molar refractivity (Wildman–Crippen MR) is 44.9 cm³/mol. The molecule has 0 aliphatic carbocycles. The van der Waals surface area contributed by atoms with E-state index in [1.807, 2.05) is 17.8 Å². The lowest BCUT2D eigenvalue weighted by atomic mass is 10.4. The van der Waals surface area contributed by atoms with E-state index < -0.39 is 0 Å². The van der Waals surface area contributed by atoms with E-state index >= 15 is 0 Å². The second-order valence-corrected chi connectivity index (χ2v) is 2.35. The summed E-state index contributed by atoms with van der Waals surface area (Å²) >= 11 is 5.50. The Morgan fingerprint density at radius 1 is 1.70 bits per heavy atom. The molecule has 1 heterocycles. The highest BCUT2D eigenvalue weighted by Gasteiger charge is 1.92. The van der Waals surface area contributed by atoms with Crippen LogP contribution < -0.4 is 0 Å². The highest BCUT2D eigenvalue weighted by atomic mass is 35.5. The Kier molecular flexibility index (Phi) is 4.49. The van der Waals surface area contributed by atoms with E-state index in [1.54, 1.807) is 6.33 Å². The molecule has 0 bridgehead atoms. The maximum Gasteiger partial charge on any atom is 0.0946 e. The maximum absolute atomic E-state index is 5.50. The summed E-state index contributed by atoms with van der Waals surface area (Å²) in [6, 6.07) is 0. The van der Waals surface area contributed by atoms with Crippen LogP contribution in [0.4, 0.5) is 0 Å². The first-order valence-electron chi connectivity index (χ1n) is 2.85. The van der Waals surface area contributed by atoms with Crippen LogP contribution in [-0.2, 0) is 13.5 Å². The van der Waals surface area contributed by atoms with Gasteiger partial charge in [-0.25, -0.2) is 4.98 Å². The number of imidazole rings is 1. The Bertz CT molecular complexity index is 186. The fourth-order valence-corrected chi connectivity index (χ4v) is 0.886. The molecule has 4 heteroatoms. The smallest absolute Gasteiger partial charge is 0.0946 e. The molecule has 1 rings (SSSR count). The summed E-state index contributed by atoms with van der Waals surface area (Å²) < 4.78 is 1.92. The first-order valence-corrected chi connectivity index (χ1v) is 3.39. The third-order valence-corrected chi connectivity index (χ3v) is 1.30.